The summed E-state index contributed by atoms with van der Waals surface area (Å²) >= 11 is 2.77. The number of rotatable bonds is 9. The number of thiazole rings is 1. The molecule has 0 spiro atoms. The summed E-state index contributed by atoms with van der Waals surface area (Å²) in [6.45, 7) is 3.97. The molecule has 0 unspecified atom stereocenters. The van der Waals surface area contributed by atoms with Crippen molar-refractivity contribution in [1.29, 1.82) is 0 Å². The lowest BCUT2D eigenvalue weighted by Crippen LogP contribution is -2.20. The third-order valence-corrected chi connectivity index (χ3v) is 6.27. The minimum Gasteiger partial charge on any atom is -0.494 e. The van der Waals surface area contributed by atoms with Gasteiger partial charge in [-0.3, -0.25) is 14.7 Å². The summed E-state index contributed by atoms with van der Waals surface area (Å²) in [7, 11) is 0. The summed E-state index contributed by atoms with van der Waals surface area (Å²) in [6, 6.07) is 14.4. The van der Waals surface area contributed by atoms with Crippen LogP contribution in [0.25, 0.3) is 16.9 Å². The molecule has 1 amide bonds. The molecule has 9 nitrogen and oxygen atoms in total. The number of esters is 1. The van der Waals surface area contributed by atoms with Crippen molar-refractivity contribution in [1.82, 2.24) is 19.7 Å². The van der Waals surface area contributed by atoms with E-state index in [-0.39, 0.29) is 0 Å². The van der Waals surface area contributed by atoms with Crippen LogP contribution in [0.5, 0.6) is 5.75 Å². The highest BCUT2D eigenvalue weighted by Gasteiger charge is 2.14. The van der Waals surface area contributed by atoms with Crippen LogP contribution in [0.1, 0.15) is 23.1 Å². The maximum atomic E-state index is 12.4. The Balaban J connectivity index is 1.31. The van der Waals surface area contributed by atoms with Gasteiger partial charge in [0.05, 0.1) is 17.9 Å². The highest BCUT2D eigenvalue weighted by atomic mass is 32.2. The van der Waals surface area contributed by atoms with E-state index in [9.17, 15) is 9.59 Å². The van der Waals surface area contributed by atoms with Crippen molar-refractivity contribution in [3.05, 3.63) is 65.3 Å². The minimum absolute atomic E-state index is 0.338. The van der Waals surface area contributed by atoms with Crippen molar-refractivity contribution in [2.75, 3.05) is 24.8 Å². The van der Waals surface area contributed by atoms with Crippen LogP contribution in [0.15, 0.2) is 59.1 Å². The molecule has 2 aromatic heterocycles. The molecule has 0 radical (unpaired) electrons. The van der Waals surface area contributed by atoms with Gasteiger partial charge in [0.15, 0.2) is 16.9 Å². The summed E-state index contributed by atoms with van der Waals surface area (Å²) in [5, 5.41) is 13.9. The second-order valence-electron chi connectivity index (χ2n) is 7.24. The molecule has 0 fully saturated rings. The topological polar surface area (TPSA) is 108 Å². The number of aromatic nitrogens is 4. The fourth-order valence-electron chi connectivity index (χ4n) is 3.24. The zero-order valence-corrected chi connectivity index (χ0v) is 21.0. The van der Waals surface area contributed by atoms with Gasteiger partial charge in [-0.1, -0.05) is 11.8 Å². The lowest BCUT2D eigenvalue weighted by Gasteiger charge is -2.08. The van der Waals surface area contributed by atoms with Gasteiger partial charge in [-0.2, -0.15) is 0 Å². The van der Waals surface area contributed by atoms with E-state index in [1.54, 1.807) is 24.3 Å². The van der Waals surface area contributed by atoms with E-state index in [1.807, 2.05) is 54.3 Å². The lowest BCUT2D eigenvalue weighted by molar-refractivity contribution is -0.119. The van der Waals surface area contributed by atoms with Crippen LogP contribution in [-0.2, 0) is 9.53 Å². The molecular weight excluding hydrogens is 486 g/mol. The van der Waals surface area contributed by atoms with Crippen molar-refractivity contribution in [2.24, 2.45) is 0 Å². The zero-order chi connectivity index (χ0) is 24.8. The SMILES string of the molecule is CCOc1ccc(-c2csc(NC(=O)COC(=O)c3ccc(-n4c(C)nnc4SC)cc3)n2)cc1. The predicted molar refractivity (Wildman–Crippen MR) is 136 cm³/mol. The van der Waals surface area contributed by atoms with E-state index in [1.165, 1.54) is 23.1 Å². The van der Waals surface area contributed by atoms with E-state index in [0.29, 0.717) is 17.3 Å². The normalized spacial score (nSPS) is 10.7. The molecule has 0 atom stereocenters. The molecule has 0 aliphatic heterocycles. The van der Waals surface area contributed by atoms with Crippen molar-refractivity contribution in [3.8, 4) is 22.7 Å². The Morgan fingerprint density at radius 3 is 2.51 bits per heavy atom. The van der Waals surface area contributed by atoms with Gasteiger partial charge in [0.2, 0.25) is 0 Å². The largest absolute Gasteiger partial charge is 0.494 e. The molecule has 0 aliphatic rings. The number of amides is 1. The Hall–Kier alpha value is -3.70. The van der Waals surface area contributed by atoms with E-state index in [4.69, 9.17) is 9.47 Å². The maximum Gasteiger partial charge on any atom is 0.338 e. The first-order valence-electron chi connectivity index (χ1n) is 10.7. The molecule has 11 heteroatoms. The van der Waals surface area contributed by atoms with Crippen LogP contribution in [0, 0.1) is 6.92 Å². The number of carbonyl (C=O) groups excluding carboxylic acids is 2. The smallest absolute Gasteiger partial charge is 0.338 e. The number of thioether (sulfide) groups is 1. The van der Waals surface area contributed by atoms with Crippen molar-refractivity contribution in [3.63, 3.8) is 0 Å². The number of ether oxygens (including phenoxy) is 2. The molecule has 4 aromatic rings. The molecule has 0 bridgehead atoms. The first-order chi connectivity index (χ1) is 17.0. The first kappa shape index (κ1) is 24.4. The maximum absolute atomic E-state index is 12.4. The highest BCUT2D eigenvalue weighted by molar-refractivity contribution is 7.98. The number of aryl methyl sites for hydroxylation is 1. The molecule has 2 heterocycles. The molecule has 0 saturated heterocycles. The molecule has 4 rings (SSSR count). The Bertz CT molecular complexity index is 1320. The number of hydrogen-bond donors (Lipinski definition) is 1. The minimum atomic E-state index is -0.591. The first-order valence-corrected chi connectivity index (χ1v) is 12.8. The monoisotopic (exact) mass is 509 g/mol. The standard InChI is InChI=1S/C24H23N5O4S2/c1-4-32-19-11-7-16(8-12-19)20-14-35-23(25-20)26-21(30)13-33-22(31)17-5-9-18(10-6-17)29-15(2)27-28-24(29)34-3/h5-12,14H,4,13H2,1-3H3,(H,25,26,30). The molecule has 180 valence electrons. The van der Waals surface area contributed by atoms with Gasteiger partial charge in [0, 0.05) is 16.6 Å². The highest BCUT2D eigenvalue weighted by Crippen LogP contribution is 2.26. The predicted octanol–water partition coefficient (Wildman–Crippen LogP) is 4.62. The van der Waals surface area contributed by atoms with E-state index >= 15 is 0 Å². The van der Waals surface area contributed by atoms with Crippen molar-refractivity contribution >= 4 is 40.1 Å². The van der Waals surface area contributed by atoms with Crippen LogP contribution in [0.2, 0.25) is 0 Å². The number of anilines is 1. The second kappa shape index (κ2) is 11.2. The van der Waals surface area contributed by atoms with Gasteiger partial charge in [0.25, 0.3) is 5.91 Å². The number of carbonyl (C=O) groups is 2. The van der Waals surface area contributed by atoms with Gasteiger partial charge in [-0.25, -0.2) is 9.78 Å². The van der Waals surface area contributed by atoms with Crippen LogP contribution in [-0.4, -0.2) is 51.1 Å². The Kier molecular flexibility index (Phi) is 7.78. The fraction of sp³-hybridized carbons (Fsp3) is 0.208. The number of benzene rings is 2. The van der Waals surface area contributed by atoms with E-state index in [2.05, 4.69) is 20.5 Å². The molecule has 1 N–H and O–H groups in total. The van der Waals surface area contributed by atoms with Gasteiger partial charge >= 0.3 is 5.97 Å². The summed E-state index contributed by atoms with van der Waals surface area (Å²) in [5.41, 5.74) is 2.81. The van der Waals surface area contributed by atoms with Gasteiger partial charge in [-0.05, 0) is 68.6 Å². The van der Waals surface area contributed by atoms with Crippen LogP contribution >= 0.6 is 23.1 Å². The second-order valence-corrected chi connectivity index (χ2v) is 8.87. The zero-order valence-electron chi connectivity index (χ0n) is 19.3. The van der Waals surface area contributed by atoms with Gasteiger partial charge < -0.3 is 9.47 Å². The lowest BCUT2D eigenvalue weighted by atomic mass is 10.2. The molecule has 0 aliphatic carbocycles. The van der Waals surface area contributed by atoms with Crippen LogP contribution < -0.4 is 10.1 Å². The summed E-state index contributed by atoms with van der Waals surface area (Å²) < 4.78 is 12.5. The van der Waals surface area contributed by atoms with E-state index in [0.717, 1.165) is 33.7 Å². The van der Waals surface area contributed by atoms with E-state index < -0.39 is 18.5 Å². The molecule has 2 aromatic carbocycles. The van der Waals surface area contributed by atoms with Crippen molar-refractivity contribution in [2.45, 2.75) is 19.0 Å². The van der Waals surface area contributed by atoms with Crippen LogP contribution in [0.4, 0.5) is 5.13 Å². The third kappa shape index (κ3) is 5.87. The van der Waals surface area contributed by atoms with Gasteiger partial charge in [0.1, 0.15) is 11.6 Å². The number of nitrogens with one attached hydrogen (secondary N) is 1. The summed E-state index contributed by atoms with van der Waals surface area (Å²) in [4.78, 5) is 29.1. The Labute approximate surface area is 210 Å². The molecular formula is C24H23N5O4S2. The number of hydrogen-bond acceptors (Lipinski definition) is 9. The number of nitrogens with zero attached hydrogens (tertiary/aromatic N) is 4. The fourth-order valence-corrected chi connectivity index (χ4v) is 4.52. The van der Waals surface area contributed by atoms with Crippen molar-refractivity contribution < 1.29 is 19.1 Å². The quantitative estimate of drug-likeness (QED) is 0.257. The third-order valence-electron chi connectivity index (χ3n) is 4.88. The average Bonchev–Trinajstić information content (AvgIpc) is 3.49. The van der Waals surface area contributed by atoms with Gasteiger partial charge in [-0.15, -0.1) is 21.5 Å². The average molecular weight is 510 g/mol. The Morgan fingerprint density at radius 2 is 1.83 bits per heavy atom. The summed E-state index contributed by atoms with van der Waals surface area (Å²) in [6.07, 6.45) is 1.92. The molecule has 35 heavy (non-hydrogen) atoms. The van der Waals surface area contributed by atoms with Crippen LogP contribution in [0.3, 0.4) is 0 Å². The summed E-state index contributed by atoms with van der Waals surface area (Å²) in [5.74, 6) is 0.475. The Morgan fingerprint density at radius 1 is 1.09 bits per heavy atom. The molecule has 0 saturated carbocycles.